The average Bonchev–Trinajstić information content (AvgIpc) is 2.24. The fraction of sp³-hybridized carbons (Fsp3) is 0.0833. The number of aromatic nitrogens is 1. The molecule has 0 fully saturated rings. The number of H-pyrrole nitrogens is 1. The Hall–Kier alpha value is -1.25. The summed E-state index contributed by atoms with van der Waals surface area (Å²) in [6, 6.07) is 7.08. The topological polar surface area (TPSA) is 32.9 Å². The Morgan fingerprint density at radius 3 is 2.62 bits per heavy atom. The van der Waals surface area contributed by atoms with Gasteiger partial charge >= 0.3 is 0 Å². The molecule has 0 saturated heterocycles. The summed E-state index contributed by atoms with van der Waals surface area (Å²) in [4.78, 5) is 14.4. The number of aromatic amines is 1. The summed E-state index contributed by atoms with van der Waals surface area (Å²) in [6.45, 7) is 1.86. The molecule has 82 valence electrons. The minimum atomic E-state index is -0.163. The summed E-state index contributed by atoms with van der Waals surface area (Å²) < 4.78 is 0. The second-order valence-corrected chi connectivity index (χ2v) is 4.25. The van der Waals surface area contributed by atoms with E-state index in [1.165, 1.54) is 0 Å². The first-order valence-electron chi connectivity index (χ1n) is 4.74. The third-order valence-corrected chi connectivity index (χ3v) is 3.21. The van der Waals surface area contributed by atoms with Crippen LogP contribution in [0.15, 0.2) is 35.3 Å². The van der Waals surface area contributed by atoms with Crippen LogP contribution < -0.4 is 5.56 Å². The van der Waals surface area contributed by atoms with E-state index in [0.717, 1.165) is 5.56 Å². The standard InChI is InChI=1S/C12H9Cl2NO/c1-7-5-6-15-12(16)10(7)8-3-2-4-9(13)11(8)14/h2-6H,1H3,(H,15,16). The van der Waals surface area contributed by atoms with Crippen LogP contribution in [0.25, 0.3) is 11.1 Å². The minimum Gasteiger partial charge on any atom is -0.329 e. The fourth-order valence-electron chi connectivity index (χ4n) is 1.61. The van der Waals surface area contributed by atoms with Crippen molar-refractivity contribution in [1.82, 2.24) is 4.98 Å². The van der Waals surface area contributed by atoms with Crippen molar-refractivity contribution in [2.75, 3.05) is 0 Å². The number of hydrogen-bond donors (Lipinski definition) is 1. The monoisotopic (exact) mass is 253 g/mol. The zero-order chi connectivity index (χ0) is 11.7. The first kappa shape index (κ1) is 11.2. The summed E-state index contributed by atoms with van der Waals surface area (Å²) in [7, 11) is 0. The van der Waals surface area contributed by atoms with Crippen molar-refractivity contribution in [1.29, 1.82) is 0 Å². The molecule has 2 nitrogen and oxygen atoms in total. The Morgan fingerprint density at radius 1 is 1.19 bits per heavy atom. The second-order valence-electron chi connectivity index (χ2n) is 3.47. The summed E-state index contributed by atoms with van der Waals surface area (Å²) >= 11 is 12.0. The van der Waals surface area contributed by atoms with Gasteiger partial charge in [0.25, 0.3) is 5.56 Å². The minimum absolute atomic E-state index is 0.163. The van der Waals surface area contributed by atoms with Crippen LogP contribution in [0.4, 0.5) is 0 Å². The van der Waals surface area contributed by atoms with Gasteiger partial charge in [0.1, 0.15) is 0 Å². The Labute approximate surface area is 103 Å². The normalized spacial score (nSPS) is 10.4. The molecule has 0 aliphatic heterocycles. The van der Waals surface area contributed by atoms with Crippen molar-refractivity contribution in [2.45, 2.75) is 6.92 Å². The van der Waals surface area contributed by atoms with Gasteiger partial charge < -0.3 is 4.98 Å². The Morgan fingerprint density at radius 2 is 1.94 bits per heavy atom. The summed E-state index contributed by atoms with van der Waals surface area (Å²) in [5.74, 6) is 0. The average molecular weight is 254 g/mol. The largest absolute Gasteiger partial charge is 0.329 e. The van der Waals surface area contributed by atoms with E-state index in [-0.39, 0.29) is 5.56 Å². The van der Waals surface area contributed by atoms with Gasteiger partial charge in [0.2, 0.25) is 0 Å². The van der Waals surface area contributed by atoms with E-state index >= 15 is 0 Å². The first-order chi connectivity index (χ1) is 7.61. The van der Waals surface area contributed by atoms with Gasteiger partial charge in [-0.25, -0.2) is 0 Å². The van der Waals surface area contributed by atoms with Crippen LogP contribution >= 0.6 is 23.2 Å². The molecule has 0 spiro atoms. The van der Waals surface area contributed by atoms with Crippen LogP contribution in [0.3, 0.4) is 0 Å². The van der Waals surface area contributed by atoms with Crippen molar-refractivity contribution in [3.63, 3.8) is 0 Å². The second kappa shape index (κ2) is 4.32. The van der Waals surface area contributed by atoms with Crippen LogP contribution in [0, 0.1) is 6.92 Å². The highest BCUT2D eigenvalue weighted by molar-refractivity contribution is 6.43. The lowest BCUT2D eigenvalue weighted by Crippen LogP contribution is -2.09. The third kappa shape index (κ3) is 1.86. The van der Waals surface area contributed by atoms with Gasteiger partial charge in [0.15, 0.2) is 0 Å². The molecule has 1 aromatic carbocycles. The predicted octanol–water partition coefficient (Wildman–Crippen LogP) is 3.66. The maximum absolute atomic E-state index is 11.7. The molecular weight excluding hydrogens is 245 g/mol. The zero-order valence-electron chi connectivity index (χ0n) is 8.55. The van der Waals surface area contributed by atoms with Gasteiger partial charge in [-0.15, -0.1) is 0 Å². The summed E-state index contributed by atoms with van der Waals surface area (Å²) in [5, 5.41) is 0.853. The number of benzene rings is 1. The summed E-state index contributed by atoms with van der Waals surface area (Å²) in [6.07, 6.45) is 1.61. The lowest BCUT2D eigenvalue weighted by atomic mass is 10.0. The van der Waals surface area contributed by atoms with Gasteiger partial charge in [0.05, 0.1) is 15.6 Å². The van der Waals surface area contributed by atoms with E-state index in [0.29, 0.717) is 21.2 Å². The van der Waals surface area contributed by atoms with E-state index in [2.05, 4.69) is 4.98 Å². The first-order valence-corrected chi connectivity index (χ1v) is 5.49. The van der Waals surface area contributed by atoms with Crippen LogP contribution in [-0.2, 0) is 0 Å². The maximum atomic E-state index is 11.7. The third-order valence-electron chi connectivity index (χ3n) is 2.39. The Kier molecular flexibility index (Phi) is 3.03. The highest BCUT2D eigenvalue weighted by atomic mass is 35.5. The van der Waals surface area contributed by atoms with Crippen molar-refractivity contribution in [3.05, 3.63) is 56.4 Å². The molecule has 0 aliphatic rings. The van der Waals surface area contributed by atoms with Crippen molar-refractivity contribution in [3.8, 4) is 11.1 Å². The number of rotatable bonds is 1. The zero-order valence-corrected chi connectivity index (χ0v) is 10.1. The van der Waals surface area contributed by atoms with E-state index in [9.17, 15) is 4.79 Å². The van der Waals surface area contributed by atoms with Gasteiger partial charge in [-0.05, 0) is 24.6 Å². The maximum Gasteiger partial charge on any atom is 0.256 e. The Balaban J connectivity index is 2.78. The molecule has 0 amide bonds. The quantitative estimate of drug-likeness (QED) is 0.827. The molecule has 2 aromatic rings. The molecule has 0 atom stereocenters. The highest BCUT2D eigenvalue weighted by Gasteiger charge is 2.11. The SMILES string of the molecule is Cc1cc[nH]c(=O)c1-c1cccc(Cl)c1Cl. The Bertz CT molecular complexity index is 590. The molecule has 4 heteroatoms. The van der Waals surface area contributed by atoms with Crippen LogP contribution in [0.1, 0.15) is 5.56 Å². The van der Waals surface area contributed by atoms with E-state index in [1.54, 1.807) is 24.4 Å². The number of aryl methyl sites for hydroxylation is 1. The lowest BCUT2D eigenvalue weighted by Gasteiger charge is -2.07. The van der Waals surface area contributed by atoms with Crippen molar-refractivity contribution >= 4 is 23.2 Å². The van der Waals surface area contributed by atoms with Crippen LogP contribution in [-0.4, -0.2) is 4.98 Å². The smallest absolute Gasteiger partial charge is 0.256 e. The molecule has 0 bridgehead atoms. The number of halogens is 2. The van der Waals surface area contributed by atoms with Crippen LogP contribution in [0.5, 0.6) is 0 Å². The molecule has 1 N–H and O–H groups in total. The molecule has 1 heterocycles. The molecular formula is C12H9Cl2NO. The summed E-state index contributed by atoms with van der Waals surface area (Å²) in [5.41, 5.74) is 1.93. The molecule has 1 aromatic heterocycles. The number of hydrogen-bond acceptors (Lipinski definition) is 1. The van der Waals surface area contributed by atoms with Crippen molar-refractivity contribution < 1.29 is 0 Å². The van der Waals surface area contributed by atoms with Gasteiger partial charge in [-0.1, -0.05) is 35.3 Å². The van der Waals surface area contributed by atoms with Gasteiger partial charge in [-0.2, -0.15) is 0 Å². The van der Waals surface area contributed by atoms with E-state index in [4.69, 9.17) is 23.2 Å². The number of nitrogens with one attached hydrogen (secondary N) is 1. The van der Waals surface area contributed by atoms with E-state index < -0.39 is 0 Å². The lowest BCUT2D eigenvalue weighted by molar-refractivity contribution is 1.21. The molecule has 0 radical (unpaired) electrons. The molecule has 0 unspecified atom stereocenters. The fourth-order valence-corrected chi connectivity index (χ4v) is 2.00. The van der Waals surface area contributed by atoms with Crippen molar-refractivity contribution in [2.24, 2.45) is 0 Å². The van der Waals surface area contributed by atoms with Crippen LogP contribution in [0.2, 0.25) is 10.0 Å². The highest BCUT2D eigenvalue weighted by Crippen LogP contribution is 2.32. The molecule has 16 heavy (non-hydrogen) atoms. The van der Waals surface area contributed by atoms with Gasteiger partial charge in [-0.3, -0.25) is 4.79 Å². The molecule has 2 rings (SSSR count). The van der Waals surface area contributed by atoms with Gasteiger partial charge in [0, 0.05) is 11.8 Å². The predicted molar refractivity (Wildman–Crippen MR) is 67.3 cm³/mol. The molecule has 0 aliphatic carbocycles. The van der Waals surface area contributed by atoms with E-state index in [1.807, 2.05) is 13.0 Å². The number of pyridine rings is 1. The molecule has 0 saturated carbocycles.